The normalized spacial score (nSPS) is 21.5. The van der Waals surface area contributed by atoms with Crippen LogP contribution < -0.4 is 10.1 Å². The van der Waals surface area contributed by atoms with Gasteiger partial charge in [-0.15, -0.1) is 0 Å². The molecule has 8 nitrogen and oxygen atoms in total. The smallest absolute Gasteiger partial charge is 0.413 e. The predicted molar refractivity (Wildman–Crippen MR) is 135 cm³/mol. The number of amidine groups is 1. The summed E-state index contributed by atoms with van der Waals surface area (Å²) >= 11 is 0. The molecule has 3 unspecified atom stereocenters. The number of aliphatic hydroxyl groups is 1. The van der Waals surface area contributed by atoms with E-state index in [9.17, 15) is 22.7 Å². The maximum Gasteiger partial charge on any atom is 0.413 e. The van der Waals surface area contributed by atoms with Gasteiger partial charge < -0.3 is 14.6 Å². The Bertz CT molecular complexity index is 1290. The fourth-order valence-corrected chi connectivity index (χ4v) is 6.20. The van der Waals surface area contributed by atoms with Crippen LogP contribution in [0.25, 0.3) is 0 Å². The molecule has 37 heavy (non-hydrogen) atoms. The number of hydrogen-bond donors (Lipinski definition) is 2. The van der Waals surface area contributed by atoms with Crippen LogP contribution in [0.5, 0.6) is 5.75 Å². The minimum absolute atomic E-state index is 0.0850. The second kappa shape index (κ2) is 10.4. The van der Waals surface area contributed by atoms with Gasteiger partial charge in [-0.2, -0.15) is 0 Å². The van der Waals surface area contributed by atoms with Crippen molar-refractivity contribution in [3.63, 3.8) is 0 Å². The molecule has 0 radical (unpaired) electrons. The number of benzene rings is 2. The molecule has 3 atom stereocenters. The first-order valence-corrected chi connectivity index (χ1v) is 13.2. The predicted octanol–water partition coefficient (Wildman–Crippen LogP) is 4.64. The van der Waals surface area contributed by atoms with E-state index in [-0.39, 0.29) is 23.6 Å². The molecular formula is C26H32F2N2O6S. The van der Waals surface area contributed by atoms with Crippen LogP contribution in [-0.2, 0) is 14.6 Å². The number of rotatable bonds is 5. The molecule has 0 bridgehead atoms. The van der Waals surface area contributed by atoms with Crippen molar-refractivity contribution >= 4 is 21.8 Å². The molecule has 1 amide bonds. The first-order valence-electron chi connectivity index (χ1n) is 11.7. The van der Waals surface area contributed by atoms with Crippen molar-refractivity contribution in [2.45, 2.75) is 68.8 Å². The third-order valence-electron chi connectivity index (χ3n) is 6.15. The van der Waals surface area contributed by atoms with E-state index < -0.39 is 55.3 Å². The summed E-state index contributed by atoms with van der Waals surface area (Å²) < 4.78 is 65.2. The lowest BCUT2D eigenvalue weighted by Crippen LogP contribution is -2.58. The van der Waals surface area contributed by atoms with E-state index in [0.29, 0.717) is 5.56 Å². The highest BCUT2D eigenvalue weighted by Gasteiger charge is 2.53. The zero-order chi connectivity index (χ0) is 27.8. The minimum Gasteiger partial charge on any atom is -0.497 e. The van der Waals surface area contributed by atoms with Crippen LogP contribution in [0, 0.1) is 11.6 Å². The molecule has 1 heterocycles. The molecule has 2 N–H and O–H groups in total. The van der Waals surface area contributed by atoms with Crippen LogP contribution >= 0.6 is 0 Å². The van der Waals surface area contributed by atoms with Crippen LogP contribution in [0.4, 0.5) is 13.6 Å². The van der Waals surface area contributed by atoms with Crippen LogP contribution in [0.15, 0.2) is 47.5 Å². The van der Waals surface area contributed by atoms with Crippen LogP contribution in [-0.4, -0.2) is 48.2 Å². The summed E-state index contributed by atoms with van der Waals surface area (Å²) in [4.78, 5) is 17.0. The molecule has 2 aromatic carbocycles. The monoisotopic (exact) mass is 538 g/mol. The Morgan fingerprint density at radius 2 is 1.78 bits per heavy atom. The Labute approximate surface area is 215 Å². The molecule has 0 aromatic heterocycles. The SMILES string of the molecule is COc1ccc(F)c(C2N=C(NC(=O)OC(C)(C)C)C(C)(C)S(=O)(=O)C2CC(O)c2ccc(F)cc2)c1. The molecule has 3 rings (SSSR count). The van der Waals surface area contributed by atoms with Gasteiger partial charge in [0.2, 0.25) is 0 Å². The van der Waals surface area contributed by atoms with Gasteiger partial charge in [0.15, 0.2) is 9.84 Å². The Morgan fingerprint density at radius 3 is 2.35 bits per heavy atom. The Balaban J connectivity index is 2.14. The number of aliphatic hydroxyl groups excluding tert-OH is 1. The first-order chi connectivity index (χ1) is 17.1. The molecule has 2 aromatic rings. The average Bonchev–Trinajstić information content (AvgIpc) is 2.79. The molecule has 0 fully saturated rings. The van der Waals surface area contributed by atoms with Gasteiger partial charge >= 0.3 is 6.09 Å². The fraction of sp³-hybridized carbons (Fsp3) is 0.462. The third-order valence-corrected chi connectivity index (χ3v) is 9.02. The minimum atomic E-state index is -4.23. The second-order valence-electron chi connectivity index (χ2n) is 10.3. The summed E-state index contributed by atoms with van der Waals surface area (Å²) in [7, 11) is -2.85. The summed E-state index contributed by atoms with van der Waals surface area (Å²) in [6.07, 6.45) is -2.59. The van der Waals surface area contributed by atoms with Crippen LogP contribution in [0.1, 0.15) is 64.3 Å². The van der Waals surface area contributed by atoms with Crippen molar-refractivity contribution in [1.82, 2.24) is 5.32 Å². The number of halogens is 2. The summed E-state index contributed by atoms with van der Waals surface area (Å²) in [6, 6.07) is 7.50. The molecular weight excluding hydrogens is 506 g/mol. The third kappa shape index (κ3) is 6.10. The molecule has 202 valence electrons. The topological polar surface area (TPSA) is 114 Å². The van der Waals surface area contributed by atoms with E-state index in [2.05, 4.69) is 10.3 Å². The maximum absolute atomic E-state index is 15.1. The van der Waals surface area contributed by atoms with Gasteiger partial charge in [0.25, 0.3) is 0 Å². The Hall–Kier alpha value is -3.05. The van der Waals surface area contributed by atoms with Crippen molar-refractivity contribution in [3.8, 4) is 5.75 Å². The molecule has 0 saturated carbocycles. The summed E-state index contributed by atoms with van der Waals surface area (Å²) in [6.45, 7) is 7.69. The number of aliphatic imine (C=N–C) groups is 1. The lowest BCUT2D eigenvalue weighted by atomic mass is 9.95. The van der Waals surface area contributed by atoms with Gasteiger partial charge in [-0.1, -0.05) is 12.1 Å². The quantitative estimate of drug-likeness (QED) is 0.574. The Kier molecular flexibility index (Phi) is 7.99. The van der Waals surface area contributed by atoms with Gasteiger partial charge in [0, 0.05) is 5.56 Å². The van der Waals surface area contributed by atoms with Crippen molar-refractivity contribution in [3.05, 3.63) is 65.2 Å². The number of carbonyl (C=O) groups excluding carboxylic acids is 1. The highest BCUT2D eigenvalue weighted by molar-refractivity contribution is 7.94. The zero-order valence-corrected chi connectivity index (χ0v) is 22.4. The highest BCUT2D eigenvalue weighted by Crippen LogP contribution is 2.43. The number of alkyl carbamates (subject to hydrolysis) is 1. The van der Waals surface area contributed by atoms with E-state index in [1.807, 2.05) is 0 Å². The average molecular weight is 539 g/mol. The van der Waals surface area contributed by atoms with E-state index in [1.165, 1.54) is 45.2 Å². The van der Waals surface area contributed by atoms with Crippen molar-refractivity contribution in [2.24, 2.45) is 4.99 Å². The zero-order valence-electron chi connectivity index (χ0n) is 21.6. The number of nitrogens with one attached hydrogen (secondary N) is 1. The number of carbonyl (C=O) groups is 1. The van der Waals surface area contributed by atoms with Gasteiger partial charge in [-0.3, -0.25) is 10.3 Å². The molecule has 0 spiro atoms. The van der Waals surface area contributed by atoms with Gasteiger partial charge in [0.05, 0.1) is 24.5 Å². The molecule has 1 aliphatic heterocycles. The number of amides is 1. The number of nitrogens with zero attached hydrogens (tertiary/aromatic N) is 1. The highest BCUT2D eigenvalue weighted by atomic mass is 32.2. The molecule has 1 aliphatic rings. The van der Waals surface area contributed by atoms with Crippen LogP contribution in [0.3, 0.4) is 0 Å². The fourth-order valence-electron chi connectivity index (χ4n) is 4.09. The van der Waals surface area contributed by atoms with Gasteiger partial charge in [-0.05, 0) is 76.9 Å². The van der Waals surface area contributed by atoms with E-state index in [1.54, 1.807) is 20.8 Å². The molecule has 0 saturated heterocycles. The largest absolute Gasteiger partial charge is 0.497 e. The second-order valence-corrected chi connectivity index (χ2v) is 13.0. The van der Waals surface area contributed by atoms with Gasteiger partial charge in [0.1, 0.15) is 33.6 Å². The number of ether oxygens (including phenoxy) is 2. The van der Waals surface area contributed by atoms with E-state index in [4.69, 9.17) is 9.47 Å². The standard InChI is InChI=1S/C26H32F2N2O6S/c1-25(2,3)36-24(32)30-23-26(4,5)37(33,34)21(14-20(31)15-7-9-16(27)10-8-15)22(29-23)18-13-17(35-6)11-12-19(18)28/h7-13,20-22,31H,14H2,1-6H3,(H,29,30,32). The van der Waals surface area contributed by atoms with E-state index >= 15 is 4.39 Å². The number of methoxy groups -OCH3 is 1. The summed E-state index contributed by atoms with van der Waals surface area (Å²) in [5, 5.41) is 11.9. The summed E-state index contributed by atoms with van der Waals surface area (Å²) in [5.41, 5.74) is -0.651. The van der Waals surface area contributed by atoms with Crippen molar-refractivity contribution in [1.29, 1.82) is 0 Å². The lowest BCUT2D eigenvalue weighted by Gasteiger charge is -2.40. The van der Waals surface area contributed by atoms with Gasteiger partial charge in [-0.25, -0.2) is 22.0 Å². The first kappa shape index (κ1) is 28.5. The number of sulfone groups is 1. The molecule has 0 aliphatic carbocycles. The Morgan fingerprint density at radius 1 is 1.16 bits per heavy atom. The number of hydrogen-bond acceptors (Lipinski definition) is 7. The van der Waals surface area contributed by atoms with Crippen molar-refractivity contribution in [2.75, 3.05) is 7.11 Å². The maximum atomic E-state index is 15.1. The molecule has 11 heteroatoms. The van der Waals surface area contributed by atoms with Crippen LogP contribution in [0.2, 0.25) is 0 Å². The van der Waals surface area contributed by atoms with E-state index in [0.717, 1.165) is 18.2 Å². The lowest BCUT2D eigenvalue weighted by molar-refractivity contribution is 0.0560. The van der Waals surface area contributed by atoms with Crippen molar-refractivity contribution < 1.29 is 36.6 Å². The summed E-state index contributed by atoms with van der Waals surface area (Å²) in [5.74, 6) is -1.20.